The van der Waals surface area contributed by atoms with Gasteiger partial charge in [0.1, 0.15) is 35.8 Å². The third-order valence-corrected chi connectivity index (χ3v) is 10.7. The second-order valence-corrected chi connectivity index (χ2v) is 13.8. The minimum atomic E-state index is -0.946. The topological polar surface area (TPSA) is 163 Å². The number of nitrogens with zero attached hydrogens (tertiary/aromatic N) is 2. The molecular weight excluding hydrogens is 712 g/mol. The molecule has 44 heavy (non-hydrogen) atoms. The Morgan fingerprint density at radius 1 is 0.705 bits per heavy atom. The summed E-state index contributed by atoms with van der Waals surface area (Å²) in [5.74, 6) is -2.48. The predicted molar refractivity (Wildman–Crippen MR) is 157 cm³/mol. The maximum absolute atomic E-state index is 12.8. The largest absolute Gasteiger partial charge is 0.381 e. The molecule has 8 rings (SSSR count). The van der Waals surface area contributed by atoms with Gasteiger partial charge in [-0.3, -0.25) is 9.59 Å². The van der Waals surface area contributed by atoms with E-state index in [1.165, 1.54) is 0 Å². The fourth-order valence-electron chi connectivity index (χ4n) is 6.81. The first-order valence-electron chi connectivity index (χ1n) is 15.0. The molecule has 4 saturated heterocycles. The first-order chi connectivity index (χ1) is 21.3. The number of halogens is 2. The van der Waals surface area contributed by atoms with E-state index >= 15 is 0 Å². The number of amides is 2. The Morgan fingerprint density at radius 2 is 1.11 bits per heavy atom. The molecule has 6 aliphatic heterocycles. The van der Waals surface area contributed by atoms with Crippen molar-refractivity contribution in [3.8, 4) is 0 Å². The number of unbranched alkanes of at least 4 members (excludes halogenated alkanes) is 1. The highest BCUT2D eigenvalue weighted by atomic mass is 79.9. The molecule has 0 aromatic heterocycles. The molecule has 0 aromatic rings. The number of rotatable bonds is 7. The number of hydrogen-bond donors (Lipinski definition) is 2. The molecule has 4 fully saturated rings. The zero-order chi connectivity index (χ0) is 30.2. The summed E-state index contributed by atoms with van der Waals surface area (Å²) in [5.41, 5.74) is -1.13. The van der Waals surface area contributed by atoms with E-state index in [2.05, 4.69) is 52.8 Å². The second-order valence-electron chi connectivity index (χ2n) is 12.1. The standard InChI is InChI=1S/C28H32Br2N4O10/c29-17-13-25(19-21(41-19)27(17)37-7-3-8-38-27)11-15(33-43-25)23(35)31-5-1-2-6-32-24(36)16-12-26(44-34-16)14-18(30)28(22-20(26)42-22)39-9-4-10-40-28/h13-14,19-22H,1-12H2,(H,31,35)(H,32,36)/t19-,20-,21+,22+,25-,26-/m1/s1. The Balaban J connectivity index is 0.765. The van der Waals surface area contributed by atoms with Gasteiger partial charge in [0.05, 0.1) is 35.4 Å². The molecule has 0 radical (unpaired) electrons. The number of hydrogen-bond acceptors (Lipinski definition) is 12. The number of ether oxygens (including phenoxy) is 6. The summed E-state index contributed by atoms with van der Waals surface area (Å²) in [5, 5.41) is 13.9. The number of carbonyl (C=O) groups excluding carboxylic acids is 2. The van der Waals surface area contributed by atoms with Crippen LogP contribution in [-0.2, 0) is 47.7 Å². The highest BCUT2D eigenvalue weighted by Crippen LogP contribution is 2.57. The zero-order valence-electron chi connectivity index (χ0n) is 23.7. The van der Waals surface area contributed by atoms with Crippen molar-refractivity contribution in [1.82, 2.24) is 10.6 Å². The van der Waals surface area contributed by atoms with Gasteiger partial charge >= 0.3 is 0 Å². The molecule has 4 spiro atoms. The maximum Gasteiger partial charge on any atom is 0.269 e. The van der Waals surface area contributed by atoms with E-state index in [0.717, 1.165) is 12.8 Å². The summed E-state index contributed by atoms with van der Waals surface area (Å²) in [4.78, 5) is 37.1. The van der Waals surface area contributed by atoms with Gasteiger partial charge in [0.15, 0.2) is 11.2 Å². The van der Waals surface area contributed by atoms with Crippen LogP contribution in [0.4, 0.5) is 0 Å². The summed E-state index contributed by atoms with van der Waals surface area (Å²) in [6.45, 7) is 3.18. The summed E-state index contributed by atoms with van der Waals surface area (Å²) < 4.78 is 37.0. The van der Waals surface area contributed by atoms with Crippen LogP contribution in [0.1, 0.15) is 38.5 Å². The highest BCUT2D eigenvalue weighted by molar-refractivity contribution is 9.12. The molecule has 2 aliphatic carbocycles. The lowest BCUT2D eigenvalue weighted by atomic mass is 9.84. The highest BCUT2D eigenvalue weighted by Gasteiger charge is 2.73. The summed E-state index contributed by atoms with van der Waals surface area (Å²) >= 11 is 7.18. The first-order valence-corrected chi connectivity index (χ1v) is 16.6. The lowest BCUT2D eigenvalue weighted by Crippen LogP contribution is -2.53. The van der Waals surface area contributed by atoms with Gasteiger partial charge in [-0.1, -0.05) is 10.3 Å². The van der Waals surface area contributed by atoms with Crippen LogP contribution >= 0.6 is 31.9 Å². The third kappa shape index (κ3) is 4.62. The number of nitrogens with one attached hydrogen (secondary N) is 2. The molecule has 0 saturated carbocycles. The Bertz CT molecular complexity index is 1270. The average Bonchev–Trinajstić information content (AvgIpc) is 3.95. The van der Waals surface area contributed by atoms with E-state index in [4.69, 9.17) is 38.1 Å². The van der Waals surface area contributed by atoms with Crippen LogP contribution in [0.3, 0.4) is 0 Å². The minimum absolute atomic E-state index is 0.284. The van der Waals surface area contributed by atoms with Crippen LogP contribution < -0.4 is 10.6 Å². The molecule has 16 heteroatoms. The minimum Gasteiger partial charge on any atom is -0.381 e. The van der Waals surface area contributed by atoms with Crippen molar-refractivity contribution < 1.29 is 47.7 Å². The quantitative estimate of drug-likeness (QED) is 0.288. The van der Waals surface area contributed by atoms with E-state index in [9.17, 15) is 9.59 Å². The SMILES string of the molecule is O=C(NCCCCNC(=O)C1=NO[C@@]2(C=C(Br)C3(OCCCO3)[C@H]3O[C@H]32)C1)C1=NO[C@@]2(C=C(Br)C3(OCCCO3)[C@H]3O[C@H]32)C1. The molecular formula is C28H32Br2N4O10. The van der Waals surface area contributed by atoms with Crippen LogP contribution in [0.25, 0.3) is 0 Å². The van der Waals surface area contributed by atoms with Crippen LogP contribution in [0.2, 0.25) is 0 Å². The van der Waals surface area contributed by atoms with Crippen LogP contribution in [0.15, 0.2) is 31.4 Å². The van der Waals surface area contributed by atoms with Crippen molar-refractivity contribution in [1.29, 1.82) is 0 Å². The zero-order valence-corrected chi connectivity index (χ0v) is 26.9. The van der Waals surface area contributed by atoms with Gasteiger partial charge in [0, 0.05) is 25.9 Å². The van der Waals surface area contributed by atoms with Crippen molar-refractivity contribution in [3.63, 3.8) is 0 Å². The van der Waals surface area contributed by atoms with E-state index in [1.807, 2.05) is 12.2 Å². The van der Waals surface area contributed by atoms with Gasteiger partial charge < -0.3 is 48.7 Å². The van der Waals surface area contributed by atoms with E-state index in [0.29, 0.717) is 72.7 Å². The van der Waals surface area contributed by atoms with Gasteiger partial charge in [0.25, 0.3) is 11.8 Å². The fourth-order valence-corrected chi connectivity index (χ4v) is 8.49. The third-order valence-electron chi connectivity index (χ3n) is 9.18. The number of oxime groups is 2. The van der Waals surface area contributed by atoms with Gasteiger partial charge in [0.2, 0.25) is 11.6 Å². The first kappa shape index (κ1) is 29.5. The Morgan fingerprint density at radius 3 is 1.52 bits per heavy atom. The van der Waals surface area contributed by atoms with Crippen molar-refractivity contribution in [2.75, 3.05) is 39.5 Å². The lowest BCUT2D eigenvalue weighted by Gasteiger charge is -2.40. The van der Waals surface area contributed by atoms with Crippen LogP contribution in [0.5, 0.6) is 0 Å². The van der Waals surface area contributed by atoms with Gasteiger partial charge in [-0.25, -0.2) is 0 Å². The van der Waals surface area contributed by atoms with Crippen molar-refractivity contribution in [2.24, 2.45) is 10.3 Å². The summed E-state index contributed by atoms with van der Waals surface area (Å²) in [6.07, 6.45) is 5.99. The van der Waals surface area contributed by atoms with Crippen LogP contribution in [0, 0.1) is 0 Å². The molecule has 8 aliphatic rings. The molecule has 6 heterocycles. The summed E-state index contributed by atoms with van der Waals surface area (Å²) in [7, 11) is 0. The molecule has 2 amide bonds. The number of fused-ring (bicyclic) bond motifs is 6. The monoisotopic (exact) mass is 742 g/mol. The fraction of sp³-hybridized carbons (Fsp3) is 0.714. The predicted octanol–water partition coefficient (Wildman–Crippen LogP) is 1.42. The average molecular weight is 744 g/mol. The molecule has 14 nitrogen and oxygen atoms in total. The molecule has 2 N–H and O–H groups in total. The molecule has 0 unspecified atom stereocenters. The lowest BCUT2D eigenvalue weighted by molar-refractivity contribution is -0.249. The smallest absolute Gasteiger partial charge is 0.269 e. The number of epoxide rings is 2. The van der Waals surface area contributed by atoms with E-state index < -0.39 is 22.8 Å². The van der Waals surface area contributed by atoms with Gasteiger partial charge in [-0.05, 0) is 69.7 Å². The van der Waals surface area contributed by atoms with E-state index in [1.54, 1.807) is 0 Å². The Kier molecular flexibility index (Phi) is 7.25. The Labute approximate surface area is 269 Å². The van der Waals surface area contributed by atoms with Crippen molar-refractivity contribution in [2.45, 2.75) is 85.7 Å². The molecule has 0 bridgehead atoms. The maximum atomic E-state index is 12.8. The van der Waals surface area contributed by atoms with E-state index in [-0.39, 0.29) is 49.1 Å². The normalized spacial score (nSPS) is 38.5. The van der Waals surface area contributed by atoms with Crippen molar-refractivity contribution >= 4 is 55.1 Å². The van der Waals surface area contributed by atoms with Crippen LogP contribution in [-0.4, -0.2) is 110 Å². The van der Waals surface area contributed by atoms with Crippen molar-refractivity contribution in [3.05, 3.63) is 21.1 Å². The van der Waals surface area contributed by atoms with Gasteiger partial charge in [-0.2, -0.15) is 0 Å². The molecule has 238 valence electrons. The number of carbonyl (C=O) groups is 2. The van der Waals surface area contributed by atoms with Gasteiger partial charge in [-0.15, -0.1) is 0 Å². The molecule has 0 aromatic carbocycles. The Hall–Kier alpha value is -1.92. The molecule has 6 atom stereocenters. The summed E-state index contributed by atoms with van der Waals surface area (Å²) in [6, 6.07) is 0. The second kappa shape index (κ2) is 10.8.